The molecule has 190 valence electrons. The van der Waals surface area contributed by atoms with E-state index in [1.807, 2.05) is 27.7 Å². The minimum atomic E-state index is -0.998. The van der Waals surface area contributed by atoms with Crippen LogP contribution in [0.25, 0.3) is 0 Å². The van der Waals surface area contributed by atoms with Gasteiger partial charge in [-0.05, 0) is 82.4 Å². The highest BCUT2D eigenvalue weighted by atomic mass is 16.5. The van der Waals surface area contributed by atoms with Gasteiger partial charge in [-0.25, -0.2) is 4.79 Å². The van der Waals surface area contributed by atoms with E-state index >= 15 is 0 Å². The molecule has 0 aromatic heterocycles. The summed E-state index contributed by atoms with van der Waals surface area (Å²) in [5.74, 6) is -1.44. The Balaban J connectivity index is 2.22. The minimum absolute atomic E-state index is 0.0562. The number of benzene rings is 1. The van der Waals surface area contributed by atoms with Gasteiger partial charge in [-0.15, -0.1) is 0 Å². The van der Waals surface area contributed by atoms with Crippen molar-refractivity contribution in [3.8, 4) is 0 Å². The molecule has 2 N–H and O–H groups in total. The lowest BCUT2D eigenvalue weighted by atomic mass is 9.91. The number of nitrogens with zero attached hydrogens (tertiary/aromatic N) is 1. The van der Waals surface area contributed by atoms with E-state index in [4.69, 9.17) is 4.74 Å². The summed E-state index contributed by atoms with van der Waals surface area (Å²) in [6.45, 7) is 15.9. The molecule has 2 rings (SSSR count). The lowest BCUT2D eigenvalue weighted by Gasteiger charge is -2.37. The highest BCUT2D eigenvalue weighted by molar-refractivity contribution is 5.88. The van der Waals surface area contributed by atoms with Crippen LogP contribution in [-0.4, -0.2) is 58.1 Å². The van der Waals surface area contributed by atoms with Crippen LogP contribution in [-0.2, 0) is 19.1 Å². The normalized spacial score (nSPS) is 20.1. The molecule has 1 fully saturated rings. The van der Waals surface area contributed by atoms with E-state index in [1.54, 1.807) is 6.92 Å². The summed E-state index contributed by atoms with van der Waals surface area (Å²) in [4.78, 5) is 39.6. The summed E-state index contributed by atoms with van der Waals surface area (Å²) in [7, 11) is 0. The fourth-order valence-electron chi connectivity index (χ4n) is 4.57. The smallest absolute Gasteiger partial charge is 0.326 e. The standard InChI is InChI=1S/C27H42N2O5/c1-16(2)15-34-26(33)22(14-19(5)21-10-9-17(3)18(4)13-21)28-20(6)24(30)29-23(25(31)32)11-12-27(29,7)8/h9-10,13,16,19-20,22-23,28H,11-12,14-15H2,1-8H3,(H,31,32)/t19?,20-,22-,23-/m0/s1. The molecule has 1 aromatic rings. The molecule has 1 unspecified atom stereocenters. The van der Waals surface area contributed by atoms with Crippen LogP contribution in [0, 0.1) is 19.8 Å². The van der Waals surface area contributed by atoms with Crippen LogP contribution in [0.3, 0.4) is 0 Å². The molecular formula is C27H42N2O5. The van der Waals surface area contributed by atoms with Crippen LogP contribution in [0.4, 0.5) is 0 Å². The van der Waals surface area contributed by atoms with Gasteiger partial charge >= 0.3 is 11.9 Å². The molecule has 1 aliphatic rings. The van der Waals surface area contributed by atoms with Crippen molar-refractivity contribution in [2.45, 2.75) is 104 Å². The Hall–Kier alpha value is -2.41. The molecule has 34 heavy (non-hydrogen) atoms. The van der Waals surface area contributed by atoms with Gasteiger partial charge in [0.05, 0.1) is 12.6 Å². The first-order valence-electron chi connectivity index (χ1n) is 12.3. The molecule has 1 saturated heterocycles. The maximum Gasteiger partial charge on any atom is 0.326 e. The Morgan fingerprint density at radius 2 is 1.79 bits per heavy atom. The van der Waals surface area contributed by atoms with Crippen molar-refractivity contribution in [2.24, 2.45) is 5.92 Å². The second kappa shape index (κ2) is 11.3. The zero-order valence-corrected chi connectivity index (χ0v) is 22.0. The molecule has 4 atom stereocenters. The number of aliphatic carboxylic acids is 1. The molecule has 0 radical (unpaired) electrons. The average molecular weight is 475 g/mol. The van der Waals surface area contributed by atoms with Crippen LogP contribution in [0.1, 0.15) is 83.4 Å². The van der Waals surface area contributed by atoms with Crippen molar-refractivity contribution in [2.75, 3.05) is 6.61 Å². The van der Waals surface area contributed by atoms with Gasteiger partial charge in [0, 0.05) is 5.54 Å². The number of carbonyl (C=O) groups is 3. The Morgan fingerprint density at radius 3 is 2.35 bits per heavy atom. The molecule has 1 amide bonds. The number of amides is 1. The number of hydrogen-bond acceptors (Lipinski definition) is 5. The third-order valence-corrected chi connectivity index (χ3v) is 6.87. The SMILES string of the molecule is Cc1ccc(C(C)C[C@H](N[C@@H](C)C(=O)N2[C@H](C(=O)O)CCC2(C)C)C(=O)OCC(C)C)cc1C. The van der Waals surface area contributed by atoms with E-state index in [2.05, 4.69) is 44.3 Å². The second-order valence-electron chi connectivity index (χ2n) is 10.9. The van der Waals surface area contributed by atoms with E-state index in [1.165, 1.54) is 16.0 Å². The number of carbonyl (C=O) groups excluding carboxylic acids is 2. The van der Waals surface area contributed by atoms with Crippen molar-refractivity contribution in [3.63, 3.8) is 0 Å². The third kappa shape index (κ3) is 6.81. The van der Waals surface area contributed by atoms with Gasteiger partial charge in [0.2, 0.25) is 5.91 Å². The quantitative estimate of drug-likeness (QED) is 0.494. The third-order valence-electron chi connectivity index (χ3n) is 6.87. The Bertz CT molecular complexity index is 895. The summed E-state index contributed by atoms with van der Waals surface area (Å²) in [5, 5.41) is 12.8. The van der Waals surface area contributed by atoms with Gasteiger partial charge in [0.25, 0.3) is 0 Å². The number of hydrogen-bond donors (Lipinski definition) is 2. The number of likely N-dealkylation sites (tertiary alicyclic amines) is 1. The molecule has 0 bridgehead atoms. The Labute approximate surface area is 204 Å². The summed E-state index contributed by atoms with van der Waals surface area (Å²) in [6, 6.07) is 4.00. The van der Waals surface area contributed by atoms with Crippen LogP contribution >= 0.6 is 0 Å². The molecule has 7 heteroatoms. The number of ether oxygens (including phenoxy) is 1. The molecule has 1 heterocycles. The Kier molecular flexibility index (Phi) is 9.29. The van der Waals surface area contributed by atoms with Crippen LogP contribution in [0.2, 0.25) is 0 Å². The van der Waals surface area contributed by atoms with Crippen molar-refractivity contribution >= 4 is 17.8 Å². The summed E-state index contributed by atoms with van der Waals surface area (Å²) in [5.41, 5.74) is 2.96. The highest BCUT2D eigenvalue weighted by Crippen LogP contribution is 2.34. The van der Waals surface area contributed by atoms with Gasteiger partial charge in [0.1, 0.15) is 12.1 Å². The van der Waals surface area contributed by atoms with Crippen molar-refractivity contribution in [1.29, 1.82) is 0 Å². The van der Waals surface area contributed by atoms with Crippen LogP contribution < -0.4 is 5.32 Å². The lowest BCUT2D eigenvalue weighted by Crippen LogP contribution is -2.57. The number of esters is 1. The van der Waals surface area contributed by atoms with Crippen molar-refractivity contribution < 1.29 is 24.2 Å². The van der Waals surface area contributed by atoms with Gasteiger partial charge in [-0.2, -0.15) is 0 Å². The Morgan fingerprint density at radius 1 is 1.15 bits per heavy atom. The predicted molar refractivity (Wildman–Crippen MR) is 133 cm³/mol. The number of carboxylic acids is 1. The van der Waals surface area contributed by atoms with Gasteiger partial charge in [-0.1, -0.05) is 39.0 Å². The van der Waals surface area contributed by atoms with Crippen molar-refractivity contribution in [3.05, 3.63) is 34.9 Å². The van der Waals surface area contributed by atoms with E-state index < -0.39 is 29.6 Å². The van der Waals surface area contributed by atoms with E-state index in [-0.39, 0.29) is 23.7 Å². The fourth-order valence-corrected chi connectivity index (χ4v) is 4.57. The topological polar surface area (TPSA) is 95.9 Å². The molecule has 0 aliphatic carbocycles. The largest absolute Gasteiger partial charge is 0.480 e. The zero-order valence-electron chi connectivity index (χ0n) is 22.0. The molecule has 0 saturated carbocycles. The number of carboxylic acid groups (broad SMARTS) is 1. The first-order chi connectivity index (χ1) is 15.7. The molecule has 7 nitrogen and oxygen atoms in total. The number of rotatable bonds is 10. The highest BCUT2D eigenvalue weighted by Gasteiger charge is 2.47. The monoisotopic (exact) mass is 474 g/mol. The van der Waals surface area contributed by atoms with Crippen LogP contribution in [0.15, 0.2) is 18.2 Å². The average Bonchev–Trinajstić information content (AvgIpc) is 3.07. The van der Waals surface area contributed by atoms with Gasteiger partial charge in [-0.3, -0.25) is 14.9 Å². The van der Waals surface area contributed by atoms with Crippen LogP contribution in [0.5, 0.6) is 0 Å². The second-order valence-corrected chi connectivity index (χ2v) is 10.9. The minimum Gasteiger partial charge on any atom is -0.480 e. The number of aryl methyl sites for hydroxylation is 2. The fraction of sp³-hybridized carbons (Fsp3) is 0.667. The van der Waals surface area contributed by atoms with E-state index in [0.29, 0.717) is 25.9 Å². The number of nitrogens with one attached hydrogen (secondary N) is 1. The molecule has 1 aromatic carbocycles. The summed E-state index contributed by atoms with van der Waals surface area (Å²) >= 11 is 0. The summed E-state index contributed by atoms with van der Waals surface area (Å²) in [6.07, 6.45) is 1.50. The van der Waals surface area contributed by atoms with Gasteiger partial charge < -0.3 is 14.7 Å². The first-order valence-corrected chi connectivity index (χ1v) is 12.3. The summed E-state index contributed by atoms with van der Waals surface area (Å²) < 4.78 is 5.53. The van der Waals surface area contributed by atoms with Crippen molar-refractivity contribution in [1.82, 2.24) is 10.2 Å². The van der Waals surface area contributed by atoms with E-state index in [9.17, 15) is 19.5 Å². The maximum atomic E-state index is 13.4. The first kappa shape index (κ1) is 27.8. The lowest BCUT2D eigenvalue weighted by molar-refractivity contribution is -0.153. The maximum absolute atomic E-state index is 13.4. The zero-order chi connectivity index (χ0) is 25.8. The van der Waals surface area contributed by atoms with Gasteiger partial charge in [0.15, 0.2) is 0 Å². The van der Waals surface area contributed by atoms with E-state index in [0.717, 1.165) is 5.56 Å². The predicted octanol–water partition coefficient (Wildman–Crippen LogP) is 4.20. The molecule has 0 spiro atoms. The molecular weight excluding hydrogens is 432 g/mol. The molecule has 1 aliphatic heterocycles.